The molecule has 26 heavy (non-hydrogen) atoms. The highest BCUT2D eigenvalue weighted by atomic mass is 16.5. The summed E-state index contributed by atoms with van der Waals surface area (Å²) in [5, 5.41) is 2.95. The van der Waals surface area contributed by atoms with Gasteiger partial charge in [0, 0.05) is 11.3 Å². The number of carbonyl (C=O) groups is 1. The van der Waals surface area contributed by atoms with Crippen molar-refractivity contribution in [3.05, 3.63) is 59.7 Å². The van der Waals surface area contributed by atoms with Crippen molar-refractivity contribution >= 4 is 11.6 Å². The maximum atomic E-state index is 12.4. The van der Waals surface area contributed by atoms with Crippen LogP contribution in [0.3, 0.4) is 0 Å². The highest BCUT2D eigenvalue weighted by molar-refractivity contribution is 6.04. The van der Waals surface area contributed by atoms with Crippen LogP contribution in [0.25, 0.3) is 0 Å². The average molecular weight is 354 g/mol. The van der Waals surface area contributed by atoms with Crippen molar-refractivity contribution in [1.82, 2.24) is 0 Å². The molecule has 0 saturated carbocycles. The van der Waals surface area contributed by atoms with E-state index >= 15 is 0 Å². The number of unbranched alkanes of at least 4 members (excludes halogenated alkanes) is 4. The minimum atomic E-state index is -0.0965. The Morgan fingerprint density at radius 2 is 1.54 bits per heavy atom. The molecule has 2 rings (SSSR count). The van der Waals surface area contributed by atoms with Gasteiger partial charge in [-0.15, -0.1) is 0 Å². The molecule has 3 heteroatoms. The molecule has 0 fully saturated rings. The van der Waals surface area contributed by atoms with Gasteiger partial charge in [-0.2, -0.15) is 0 Å². The van der Waals surface area contributed by atoms with Crippen molar-refractivity contribution in [2.75, 3.05) is 11.9 Å². The number of benzene rings is 2. The number of hydrogen-bond donors (Lipinski definition) is 1. The fourth-order valence-electron chi connectivity index (χ4n) is 2.76. The monoisotopic (exact) mass is 353 g/mol. The number of aryl methyl sites for hydroxylation is 1. The zero-order chi connectivity index (χ0) is 18.6. The molecule has 0 aliphatic rings. The first-order chi connectivity index (χ1) is 12.7. The molecule has 0 radical (unpaired) electrons. The van der Waals surface area contributed by atoms with Crippen molar-refractivity contribution < 1.29 is 9.53 Å². The summed E-state index contributed by atoms with van der Waals surface area (Å²) in [7, 11) is 0. The molecule has 0 atom stereocenters. The van der Waals surface area contributed by atoms with Gasteiger partial charge in [-0.25, -0.2) is 0 Å². The van der Waals surface area contributed by atoms with Crippen LogP contribution in [0.1, 0.15) is 68.3 Å². The number of hydrogen-bond acceptors (Lipinski definition) is 2. The lowest BCUT2D eigenvalue weighted by atomic mass is 10.1. The summed E-state index contributed by atoms with van der Waals surface area (Å²) in [5.74, 6) is 0.721. The molecule has 0 bridgehead atoms. The molecule has 1 N–H and O–H groups in total. The molecular weight excluding hydrogens is 322 g/mol. The minimum Gasteiger partial charge on any atom is -0.494 e. The molecule has 2 aromatic carbocycles. The number of ether oxygens (including phenoxy) is 1. The summed E-state index contributed by atoms with van der Waals surface area (Å²) in [6.07, 6.45) is 8.23. The third-order valence-corrected chi connectivity index (χ3v) is 4.41. The first-order valence-corrected chi connectivity index (χ1v) is 9.86. The van der Waals surface area contributed by atoms with E-state index in [9.17, 15) is 4.79 Å². The molecule has 140 valence electrons. The molecule has 0 aliphatic carbocycles. The van der Waals surface area contributed by atoms with Crippen LogP contribution in [0.5, 0.6) is 5.75 Å². The van der Waals surface area contributed by atoms with E-state index in [1.165, 1.54) is 37.7 Å². The van der Waals surface area contributed by atoms with Crippen molar-refractivity contribution in [3.63, 3.8) is 0 Å². The number of nitrogens with one attached hydrogen (secondary N) is 1. The Hall–Kier alpha value is -2.29. The number of anilines is 1. The quantitative estimate of drug-likeness (QED) is 0.486. The van der Waals surface area contributed by atoms with Crippen molar-refractivity contribution in [2.45, 2.75) is 58.8 Å². The normalized spacial score (nSPS) is 10.5. The summed E-state index contributed by atoms with van der Waals surface area (Å²) in [5.41, 5.74) is 2.77. The Morgan fingerprint density at radius 3 is 2.19 bits per heavy atom. The van der Waals surface area contributed by atoms with E-state index in [1.54, 1.807) is 0 Å². The Bertz CT molecular complexity index is 647. The smallest absolute Gasteiger partial charge is 0.255 e. The average Bonchev–Trinajstić information content (AvgIpc) is 2.68. The second kappa shape index (κ2) is 11.3. The van der Waals surface area contributed by atoms with Crippen LogP contribution in [0.2, 0.25) is 0 Å². The van der Waals surface area contributed by atoms with Crippen LogP contribution in [0.4, 0.5) is 5.69 Å². The lowest BCUT2D eigenvalue weighted by Crippen LogP contribution is -2.11. The van der Waals surface area contributed by atoms with Gasteiger partial charge in [-0.1, -0.05) is 51.7 Å². The molecule has 0 aliphatic heterocycles. The van der Waals surface area contributed by atoms with Gasteiger partial charge in [0.05, 0.1) is 6.61 Å². The van der Waals surface area contributed by atoms with Crippen molar-refractivity contribution in [3.8, 4) is 5.75 Å². The van der Waals surface area contributed by atoms with Gasteiger partial charge < -0.3 is 10.1 Å². The Kier molecular flexibility index (Phi) is 8.74. The fourth-order valence-corrected chi connectivity index (χ4v) is 2.76. The summed E-state index contributed by atoms with van der Waals surface area (Å²) >= 11 is 0. The number of amides is 1. The highest BCUT2D eigenvalue weighted by Crippen LogP contribution is 2.16. The molecule has 0 unspecified atom stereocenters. The van der Waals surface area contributed by atoms with Crippen LogP contribution in [-0.2, 0) is 6.42 Å². The standard InChI is InChI=1S/C23H31NO2/c1-3-5-7-8-18-26-22-16-12-20(13-17-22)23(25)24-21-14-10-19(11-15-21)9-6-4-2/h10-17H,3-9,18H2,1-2H3,(H,24,25). The molecule has 0 aromatic heterocycles. The lowest BCUT2D eigenvalue weighted by Gasteiger charge is -2.09. The van der Waals surface area contributed by atoms with E-state index in [-0.39, 0.29) is 5.91 Å². The molecule has 0 saturated heterocycles. The maximum absolute atomic E-state index is 12.4. The predicted molar refractivity (Wildman–Crippen MR) is 109 cm³/mol. The summed E-state index contributed by atoms with van der Waals surface area (Å²) in [4.78, 5) is 12.4. The van der Waals surface area contributed by atoms with Crippen LogP contribution in [0.15, 0.2) is 48.5 Å². The van der Waals surface area contributed by atoms with Crippen LogP contribution in [0, 0.1) is 0 Å². The van der Waals surface area contributed by atoms with Crippen LogP contribution >= 0.6 is 0 Å². The second-order valence-electron chi connectivity index (χ2n) is 6.69. The first kappa shape index (κ1) is 20.0. The lowest BCUT2D eigenvalue weighted by molar-refractivity contribution is 0.102. The van der Waals surface area contributed by atoms with E-state index < -0.39 is 0 Å². The second-order valence-corrected chi connectivity index (χ2v) is 6.69. The predicted octanol–water partition coefficient (Wildman–Crippen LogP) is 6.24. The van der Waals surface area contributed by atoms with E-state index in [4.69, 9.17) is 4.74 Å². The fraction of sp³-hybridized carbons (Fsp3) is 0.435. The van der Waals surface area contributed by atoms with Crippen molar-refractivity contribution in [1.29, 1.82) is 0 Å². The maximum Gasteiger partial charge on any atom is 0.255 e. The van der Waals surface area contributed by atoms with Gasteiger partial charge in [0.1, 0.15) is 5.75 Å². The van der Waals surface area contributed by atoms with E-state index in [1.807, 2.05) is 36.4 Å². The molecule has 0 spiro atoms. The Morgan fingerprint density at radius 1 is 0.846 bits per heavy atom. The Balaban J connectivity index is 1.81. The van der Waals surface area contributed by atoms with Crippen LogP contribution < -0.4 is 10.1 Å². The van der Waals surface area contributed by atoms with Gasteiger partial charge in [0.2, 0.25) is 0 Å². The highest BCUT2D eigenvalue weighted by Gasteiger charge is 2.06. The van der Waals surface area contributed by atoms with Crippen LogP contribution in [-0.4, -0.2) is 12.5 Å². The third-order valence-electron chi connectivity index (χ3n) is 4.41. The molecule has 0 heterocycles. The molecule has 3 nitrogen and oxygen atoms in total. The zero-order valence-electron chi connectivity index (χ0n) is 16.1. The minimum absolute atomic E-state index is 0.0965. The molecular formula is C23H31NO2. The van der Waals surface area contributed by atoms with Gasteiger partial charge in [-0.05, 0) is 61.2 Å². The zero-order valence-corrected chi connectivity index (χ0v) is 16.1. The SMILES string of the molecule is CCCCCCOc1ccc(C(=O)Nc2ccc(CCCC)cc2)cc1. The van der Waals surface area contributed by atoms with E-state index in [0.717, 1.165) is 30.9 Å². The van der Waals surface area contributed by atoms with Crippen molar-refractivity contribution in [2.24, 2.45) is 0 Å². The Labute approximate surface area is 157 Å². The summed E-state index contributed by atoms with van der Waals surface area (Å²) < 4.78 is 5.72. The third kappa shape index (κ3) is 6.91. The first-order valence-electron chi connectivity index (χ1n) is 9.86. The largest absolute Gasteiger partial charge is 0.494 e. The summed E-state index contributed by atoms with van der Waals surface area (Å²) in [6.45, 7) is 5.12. The van der Waals surface area contributed by atoms with E-state index in [2.05, 4.69) is 31.3 Å². The number of carbonyl (C=O) groups excluding carboxylic acids is 1. The molecule has 1 amide bonds. The van der Waals surface area contributed by atoms with E-state index in [0.29, 0.717) is 5.56 Å². The number of rotatable bonds is 11. The molecule has 2 aromatic rings. The van der Waals surface area contributed by atoms with Gasteiger partial charge in [0.25, 0.3) is 5.91 Å². The topological polar surface area (TPSA) is 38.3 Å². The van der Waals surface area contributed by atoms with Gasteiger partial charge in [-0.3, -0.25) is 4.79 Å². The van der Waals surface area contributed by atoms with Gasteiger partial charge in [0.15, 0.2) is 0 Å². The summed E-state index contributed by atoms with van der Waals surface area (Å²) in [6, 6.07) is 15.5. The van der Waals surface area contributed by atoms with Gasteiger partial charge >= 0.3 is 0 Å².